The second-order valence-electron chi connectivity index (χ2n) is 10.1. The lowest BCUT2D eigenvalue weighted by Crippen LogP contribution is -2.66. The van der Waals surface area contributed by atoms with E-state index >= 15 is 0 Å². The summed E-state index contributed by atoms with van der Waals surface area (Å²) in [6, 6.07) is 22.7. The van der Waals surface area contributed by atoms with Crippen LogP contribution in [0.2, 0.25) is 0 Å². The van der Waals surface area contributed by atoms with Crippen molar-refractivity contribution in [2.75, 3.05) is 19.6 Å². The summed E-state index contributed by atoms with van der Waals surface area (Å²) in [5.74, 6) is -0.0535. The molecule has 4 nitrogen and oxygen atoms in total. The first-order chi connectivity index (χ1) is 16.5. The first kappa shape index (κ1) is 21.4. The fourth-order valence-corrected chi connectivity index (χ4v) is 6.33. The average molecular weight is 457 g/mol. The highest BCUT2D eigenvalue weighted by molar-refractivity contribution is 5.85. The minimum absolute atomic E-state index is 0.213. The molecule has 2 aliphatic rings. The van der Waals surface area contributed by atoms with Gasteiger partial charge in [0.15, 0.2) is 0 Å². The predicted octanol–water partition coefficient (Wildman–Crippen LogP) is 4.73. The number of β-amino-alcohol motifs (C(OH)–C–C–N with tert-alkyl or cyclic N) is 1. The molecule has 2 atom stereocenters. The highest BCUT2D eigenvalue weighted by atomic mass is 19.1. The summed E-state index contributed by atoms with van der Waals surface area (Å²) in [5, 5.41) is 23.7. The van der Waals surface area contributed by atoms with Crippen LogP contribution in [0, 0.1) is 5.82 Å². The first-order valence-electron chi connectivity index (χ1n) is 12.0. The molecule has 1 aromatic heterocycles. The maximum Gasteiger partial charge on any atom is 0.125 e. The molecule has 3 N–H and O–H groups in total. The number of rotatable bonds is 4. The molecule has 1 fully saturated rings. The average Bonchev–Trinajstić information content (AvgIpc) is 3.16. The summed E-state index contributed by atoms with van der Waals surface area (Å²) in [4.78, 5) is 5.82. The van der Waals surface area contributed by atoms with Gasteiger partial charge in [-0.15, -0.1) is 0 Å². The van der Waals surface area contributed by atoms with Gasteiger partial charge >= 0.3 is 0 Å². The van der Waals surface area contributed by atoms with E-state index in [0.717, 1.165) is 53.7 Å². The van der Waals surface area contributed by atoms with E-state index in [1.165, 1.54) is 17.7 Å². The van der Waals surface area contributed by atoms with Crippen LogP contribution in [0.5, 0.6) is 5.75 Å². The number of nitrogens with zero attached hydrogens (tertiary/aromatic N) is 1. The molecule has 0 spiro atoms. The van der Waals surface area contributed by atoms with Crippen LogP contribution >= 0.6 is 0 Å². The van der Waals surface area contributed by atoms with E-state index < -0.39 is 11.0 Å². The number of phenolic OH excluding ortho intramolecular Hbond substituents is 1. The quantitative estimate of drug-likeness (QED) is 0.416. The zero-order chi connectivity index (χ0) is 23.3. The van der Waals surface area contributed by atoms with Gasteiger partial charge in [0.25, 0.3) is 0 Å². The van der Waals surface area contributed by atoms with Crippen LogP contribution in [0.25, 0.3) is 10.9 Å². The number of aliphatic hydroxyl groups is 1. The van der Waals surface area contributed by atoms with Crippen LogP contribution in [-0.2, 0) is 24.7 Å². The van der Waals surface area contributed by atoms with Crippen molar-refractivity contribution in [1.82, 2.24) is 9.88 Å². The van der Waals surface area contributed by atoms with Gasteiger partial charge in [0.05, 0.1) is 5.60 Å². The van der Waals surface area contributed by atoms with Gasteiger partial charge in [-0.2, -0.15) is 0 Å². The van der Waals surface area contributed by atoms with Gasteiger partial charge in [-0.3, -0.25) is 0 Å². The molecule has 174 valence electrons. The van der Waals surface area contributed by atoms with Crippen molar-refractivity contribution in [3.63, 3.8) is 0 Å². The monoisotopic (exact) mass is 456 g/mol. The van der Waals surface area contributed by atoms with Crippen molar-refractivity contribution in [3.8, 4) is 5.75 Å². The highest BCUT2D eigenvalue weighted by Crippen LogP contribution is 2.51. The largest absolute Gasteiger partial charge is 0.508 e. The van der Waals surface area contributed by atoms with E-state index in [2.05, 4.69) is 34.1 Å². The van der Waals surface area contributed by atoms with Crippen LogP contribution in [0.4, 0.5) is 4.39 Å². The topological polar surface area (TPSA) is 59.5 Å². The Kier molecular flexibility index (Phi) is 5.01. The van der Waals surface area contributed by atoms with Gasteiger partial charge < -0.3 is 20.1 Å². The van der Waals surface area contributed by atoms with Crippen LogP contribution in [0.3, 0.4) is 0 Å². The number of nitrogens with one attached hydrogen (secondary N) is 1. The zero-order valence-corrected chi connectivity index (χ0v) is 19.1. The molecule has 0 unspecified atom stereocenters. The van der Waals surface area contributed by atoms with Crippen molar-refractivity contribution >= 4 is 10.9 Å². The van der Waals surface area contributed by atoms with Gasteiger partial charge in [0.1, 0.15) is 11.6 Å². The van der Waals surface area contributed by atoms with Crippen molar-refractivity contribution in [2.45, 2.75) is 36.7 Å². The number of likely N-dealkylation sites (tertiary alicyclic amines) is 1. The lowest BCUT2D eigenvalue weighted by molar-refractivity contribution is -0.102. The zero-order valence-electron chi connectivity index (χ0n) is 19.1. The fraction of sp³-hybridized carbons (Fsp3) is 0.310. The second-order valence-corrected chi connectivity index (χ2v) is 10.1. The minimum atomic E-state index is -1.01. The maximum atomic E-state index is 13.9. The van der Waals surface area contributed by atoms with E-state index in [1.54, 1.807) is 12.1 Å². The summed E-state index contributed by atoms with van der Waals surface area (Å²) >= 11 is 0. The number of H-pyrrole nitrogens is 1. The molecular weight excluding hydrogens is 427 g/mol. The number of halogens is 1. The third-order valence-corrected chi connectivity index (χ3v) is 8.09. The third kappa shape index (κ3) is 3.42. The molecule has 0 saturated carbocycles. The van der Waals surface area contributed by atoms with Crippen LogP contribution in [-0.4, -0.2) is 45.3 Å². The van der Waals surface area contributed by atoms with Gasteiger partial charge in [-0.05, 0) is 66.4 Å². The first-order valence-corrected chi connectivity index (χ1v) is 12.0. The van der Waals surface area contributed by atoms with Gasteiger partial charge in [0.2, 0.25) is 0 Å². The summed E-state index contributed by atoms with van der Waals surface area (Å²) in [6.45, 7) is 2.31. The molecule has 2 heterocycles. The minimum Gasteiger partial charge on any atom is -0.508 e. The van der Waals surface area contributed by atoms with Crippen molar-refractivity contribution in [3.05, 3.63) is 101 Å². The SMILES string of the molecule is Oc1cccc([C@@]23CCN(CCc4ccccc4)C[C@@]2(O)Cc2c([nH]c4cc(F)ccc24)C3)c1. The Bertz CT molecular complexity index is 1350. The van der Waals surface area contributed by atoms with Crippen LogP contribution < -0.4 is 0 Å². The van der Waals surface area contributed by atoms with Gasteiger partial charge in [0, 0.05) is 47.9 Å². The Hall–Kier alpha value is -3.15. The molecule has 1 aliphatic heterocycles. The van der Waals surface area contributed by atoms with Crippen LogP contribution in [0.15, 0.2) is 72.8 Å². The number of aromatic nitrogens is 1. The fourth-order valence-electron chi connectivity index (χ4n) is 6.33. The maximum absolute atomic E-state index is 13.9. The number of aromatic hydroxyl groups is 1. The van der Waals surface area contributed by atoms with E-state index in [-0.39, 0.29) is 11.6 Å². The number of hydrogen-bond acceptors (Lipinski definition) is 3. The molecule has 0 radical (unpaired) electrons. The lowest BCUT2D eigenvalue weighted by atomic mass is 9.56. The number of aromatic amines is 1. The summed E-state index contributed by atoms with van der Waals surface area (Å²) in [7, 11) is 0. The lowest BCUT2D eigenvalue weighted by Gasteiger charge is -2.56. The molecule has 0 amide bonds. The van der Waals surface area contributed by atoms with Gasteiger partial charge in [-0.1, -0.05) is 42.5 Å². The summed E-state index contributed by atoms with van der Waals surface area (Å²) < 4.78 is 13.9. The molecule has 6 rings (SSSR count). The Morgan fingerprint density at radius 2 is 1.82 bits per heavy atom. The standard InChI is InChI=1S/C29H29FN2O2/c30-22-9-10-24-25-17-29(34)19-32(13-11-20-5-2-1-3-6-20)14-12-28(29,18-27(25)31-26(24)16-22)21-7-4-8-23(33)15-21/h1-10,15-16,31,33-34H,11-14,17-19H2/t28-,29-/m0/s1. The molecular formula is C29H29FN2O2. The Morgan fingerprint density at radius 1 is 0.971 bits per heavy atom. The number of phenols is 1. The Morgan fingerprint density at radius 3 is 2.65 bits per heavy atom. The molecule has 4 aromatic rings. The predicted molar refractivity (Wildman–Crippen MR) is 132 cm³/mol. The third-order valence-electron chi connectivity index (χ3n) is 8.09. The number of benzene rings is 3. The number of hydrogen-bond donors (Lipinski definition) is 3. The van der Waals surface area contributed by atoms with E-state index in [9.17, 15) is 14.6 Å². The van der Waals surface area contributed by atoms with Crippen molar-refractivity contribution < 1.29 is 14.6 Å². The molecule has 3 aromatic carbocycles. The number of fused-ring (bicyclic) bond motifs is 4. The molecule has 1 aliphatic carbocycles. The van der Waals surface area contributed by atoms with E-state index in [4.69, 9.17) is 0 Å². The molecule has 5 heteroatoms. The Balaban J connectivity index is 1.40. The summed E-state index contributed by atoms with van der Waals surface area (Å²) in [6.07, 6.45) is 2.84. The van der Waals surface area contributed by atoms with Gasteiger partial charge in [-0.25, -0.2) is 4.39 Å². The van der Waals surface area contributed by atoms with E-state index in [1.807, 2.05) is 24.3 Å². The number of piperidine rings is 1. The smallest absolute Gasteiger partial charge is 0.125 e. The van der Waals surface area contributed by atoms with Crippen molar-refractivity contribution in [2.24, 2.45) is 0 Å². The van der Waals surface area contributed by atoms with Crippen LogP contribution in [0.1, 0.15) is 28.8 Å². The molecule has 1 saturated heterocycles. The molecule has 34 heavy (non-hydrogen) atoms. The summed E-state index contributed by atoms with van der Waals surface area (Å²) in [5.41, 5.74) is 3.65. The highest BCUT2D eigenvalue weighted by Gasteiger charge is 2.57. The normalized spacial score (nSPS) is 24.6. The second kappa shape index (κ2) is 7.97. The molecule has 0 bridgehead atoms. The van der Waals surface area contributed by atoms with Crippen molar-refractivity contribution in [1.29, 1.82) is 0 Å². The van der Waals surface area contributed by atoms with E-state index in [0.29, 0.717) is 19.4 Å². The Labute approximate surface area is 198 Å².